The number of hydrogen-bond donors (Lipinski definition) is 1. The SMILES string of the molecule is CCOC(=O)c1coc(N2C3CCC2CC(O)C3)n1. The third-order valence-electron chi connectivity index (χ3n) is 3.91. The topological polar surface area (TPSA) is 75.8 Å². The second-order valence-electron chi connectivity index (χ2n) is 5.15. The maximum Gasteiger partial charge on any atom is 0.360 e. The van der Waals surface area contributed by atoms with E-state index in [1.54, 1.807) is 6.92 Å². The minimum Gasteiger partial charge on any atom is -0.461 e. The van der Waals surface area contributed by atoms with Crippen molar-refractivity contribution >= 4 is 12.0 Å². The summed E-state index contributed by atoms with van der Waals surface area (Å²) in [5, 5.41) is 9.77. The van der Waals surface area contributed by atoms with E-state index in [-0.39, 0.29) is 23.9 Å². The Bertz CT molecular complexity index is 459. The van der Waals surface area contributed by atoms with Gasteiger partial charge < -0.3 is 19.2 Å². The Labute approximate surface area is 111 Å². The highest BCUT2D eigenvalue weighted by Gasteiger charge is 2.42. The van der Waals surface area contributed by atoms with Gasteiger partial charge in [-0.3, -0.25) is 0 Å². The van der Waals surface area contributed by atoms with Crippen molar-refractivity contribution in [3.63, 3.8) is 0 Å². The van der Waals surface area contributed by atoms with Crippen molar-refractivity contribution in [2.45, 2.75) is 50.8 Å². The van der Waals surface area contributed by atoms with Crippen LogP contribution in [0.15, 0.2) is 10.7 Å². The molecule has 19 heavy (non-hydrogen) atoms. The van der Waals surface area contributed by atoms with E-state index in [0.29, 0.717) is 12.6 Å². The number of rotatable bonds is 3. The summed E-state index contributed by atoms with van der Waals surface area (Å²) in [5.74, 6) is -0.457. The molecule has 2 aliphatic rings. The number of carbonyl (C=O) groups is 1. The summed E-state index contributed by atoms with van der Waals surface area (Å²) in [7, 11) is 0. The molecule has 0 aliphatic carbocycles. The Morgan fingerprint density at radius 3 is 2.84 bits per heavy atom. The molecular formula is C13H18N2O4. The van der Waals surface area contributed by atoms with E-state index < -0.39 is 5.97 Å². The van der Waals surface area contributed by atoms with Gasteiger partial charge >= 0.3 is 5.97 Å². The Kier molecular flexibility index (Phi) is 3.18. The van der Waals surface area contributed by atoms with Crippen molar-refractivity contribution in [3.8, 4) is 0 Å². The van der Waals surface area contributed by atoms with Crippen LogP contribution in [0.4, 0.5) is 6.01 Å². The van der Waals surface area contributed by atoms with Crippen LogP contribution in [-0.4, -0.2) is 40.9 Å². The van der Waals surface area contributed by atoms with Gasteiger partial charge in [-0.1, -0.05) is 0 Å². The molecule has 1 N–H and O–H groups in total. The molecule has 3 rings (SSSR count). The van der Waals surface area contributed by atoms with Gasteiger partial charge in [0.15, 0.2) is 5.69 Å². The molecule has 2 aliphatic heterocycles. The molecule has 0 amide bonds. The van der Waals surface area contributed by atoms with Crippen LogP contribution in [0.5, 0.6) is 0 Å². The summed E-state index contributed by atoms with van der Waals surface area (Å²) in [6.45, 7) is 2.08. The zero-order valence-corrected chi connectivity index (χ0v) is 10.9. The first-order chi connectivity index (χ1) is 9.19. The number of fused-ring (bicyclic) bond motifs is 2. The van der Waals surface area contributed by atoms with Crippen molar-refractivity contribution in [1.82, 2.24) is 4.98 Å². The number of carbonyl (C=O) groups excluding carboxylic acids is 1. The van der Waals surface area contributed by atoms with Gasteiger partial charge in [-0.05, 0) is 32.6 Å². The van der Waals surface area contributed by atoms with Crippen LogP contribution in [0, 0.1) is 0 Å². The fraction of sp³-hybridized carbons (Fsp3) is 0.692. The molecular weight excluding hydrogens is 248 g/mol. The molecule has 6 heteroatoms. The quantitative estimate of drug-likeness (QED) is 0.832. The first-order valence-corrected chi connectivity index (χ1v) is 6.78. The molecule has 3 heterocycles. The van der Waals surface area contributed by atoms with Crippen LogP contribution in [-0.2, 0) is 4.74 Å². The summed E-state index contributed by atoms with van der Waals surface area (Å²) in [4.78, 5) is 17.9. The molecule has 2 unspecified atom stereocenters. The molecule has 2 bridgehead atoms. The average Bonchev–Trinajstić information content (AvgIpc) is 2.93. The second-order valence-corrected chi connectivity index (χ2v) is 5.15. The first kappa shape index (κ1) is 12.5. The highest BCUT2D eigenvalue weighted by atomic mass is 16.5. The van der Waals surface area contributed by atoms with Crippen molar-refractivity contribution in [2.75, 3.05) is 11.5 Å². The van der Waals surface area contributed by atoms with E-state index in [1.807, 2.05) is 0 Å². The fourth-order valence-corrected chi connectivity index (χ4v) is 3.14. The Hall–Kier alpha value is -1.56. The van der Waals surface area contributed by atoms with Crippen molar-refractivity contribution < 1.29 is 19.1 Å². The third kappa shape index (κ3) is 2.20. The number of esters is 1. The predicted octanol–water partition coefficient (Wildman–Crippen LogP) is 1.34. The lowest BCUT2D eigenvalue weighted by molar-refractivity contribution is 0.0519. The molecule has 1 aromatic rings. The number of oxazole rings is 1. The van der Waals surface area contributed by atoms with Gasteiger partial charge in [0.25, 0.3) is 6.01 Å². The summed E-state index contributed by atoms with van der Waals surface area (Å²) >= 11 is 0. The number of nitrogens with zero attached hydrogens (tertiary/aromatic N) is 2. The van der Waals surface area contributed by atoms with Crippen LogP contribution < -0.4 is 4.90 Å². The normalized spacial score (nSPS) is 29.6. The maximum absolute atomic E-state index is 11.6. The summed E-state index contributed by atoms with van der Waals surface area (Å²) in [5.41, 5.74) is 0.211. The fourth-order valence-electron chi connectivity index (χ4n) is 3.14. The van der Waals surface area contributed by atoms with Gasteiger partial charge in [0.1, 0.15) is 6.26 Å². The summed E-state index contributed by atoms with van der Waals surface area (Å²) < 4.78 is 10.3. The highest BCUT2D eigenvalue weighted by molar-refractivity contribution is 5.87. The Morgan fingerprint density at radius 2 is 2.21 bits per heavy atom. The number of aromatic nitrogens is 1. The van der Waals surface area contributed by atoms with Crippen LogP contribution in [0.3, 0.4) is 0 Å². The largest absolute Gasteiger partial charge is 0.461 e. The molecule has 0 saturated carbocycles. The molecule has 2 saturated heterocycles. The van der Waals surface area contributed by atoms with E-state index >= 15 is 0 Å². The Balaban J connectivity index is 1.78. The molecule has 0 spiro atoms. The standard InChI is InChI=1S/C13H18N2O4/c1-2-18-12(17)11-7-19-13(14-11)15-8-3-4-9(15)6-10(16)5-8/h7-10,16H,2-6H2,1H3. The summed E-state index contributed by atoms with van der Waals surface area (Å²) in [6.07, 6.45) is 4.68. The number of piperidine rings is 1. The third-order valence-corrected chi connectivity index (χ3v) is 3.91. The van der Waals surface area contributed by atoms with Crippen LogP contribution in [0.2, 0.25) is 0 Å². The maximum atomic E-state index is 11.6. The minimum absolute atomic E-state index is 0.211. The van der Waals surface area contributed by atoms with E-state index in [2.05, 4.69) is 9.88 Å². The van der Waals surface area contributed by atoms with Crippen LogP contribution in [0.1, 0.15) is 43.1 Å². The van der Waals surface area contributed by atoms with Gasteiger partial charge in [0.2, 0.25) is 0 Å². The van der Waals surface area contributed by atoms with Crippen molar-refractivity contribution in [2.24, 2.45) is 0 Å². The lowest BCUT2D eigenvalue weighted by atomic mass is 10.0. The average molecular weight is 266 g/mol. The molecule has 0 aromatic carbocycles. The monoisotopic (exact) mass is 266 g/mol. The van der Waals surface area contributed by atoms with Gasteiger partial charge in [-0.15, -0.1) is 0 Å². The molecule has 1 aromatic heterocycles. The number of aliphatic hydroxyl groups excluding tert-OH is 1. The second kappa shape index (κ2) is 4.85. The van der Waals surface area contributed by atoms with E-state index in [0.717, 1.165) is 25.7 Å². The summed E-state index contributed by atoms with van der Waals surface area (Å²) in [6, 6.07) is 1.01. The number of hydrogen-bond acceptors (Lipinski definition) is 6. The number of ether oxygens (including phenoxy) is 1. The molecule has 2 fully saturated rings. The molecule has 2 atom stereocenters. The predicted molar refractivity (Wildman–Crippen MR) is 67.0 cm³/mol. The van der Waals surface area contributed by atoms with Gasteiger partial charge in [0.05, 0.1) is 12.7 Å². The van der Waals surface area contributed by atoms with Gasteiger partial charge in [-0.25, -0.2) is 4.79 Å². The highest BCUT2D eigenvalue weighted by Crippen LogP contribution is 2.38. The van der Waals surface area contributed by atoms with Crippen LogP contribution in [0.25, 0.3) is 0 Å². The minimum atomic E-state index is -0.457. The zero-order valence-electron chi connectivity index (χ0n) is 10.9. The lowest BCUT2D eigenvalue weighted by Crippen LogP contribution is -2.45. The smallest absolute Gasteiger partial charge is 0.360 e. The van der Waals surface area contributed by atoms with E-state index in [1.165, 1.54) is 6.26 Å². The molecule has 104 valence electrons. The van der Waals surface area contributed by atoms with Gasteiger partial charge in [0, 0.05) is 12.1 Å². The number of aliphatic hydroxyl groups is 1. The van der Waals surface area contributed by atoms with E-state index in [4.69, 9.17) is 9.15 Å². The van der Waals surface area contributed by atoms with Gasteiger partial charge in [-0.2, -0.15) is 4.98 Å². The van der Waals surface area contributed by atoms with Crippen molar-refractivity contribution in [1.29, 1.82) is 0 Å². The zero-order chi connectivity index (χ0) is 13.4. The number of anilines is 1. The first-order valence-electron chi connectivity index (χ1n) is 6.78. The van der Waals surface area contributed by atoms with Crippen molar-refractivity contribution in [3.05, 3.63) is 12.0 Å². The Morgan fingerprint density at radius 1 is 1.53 bits per heavy atom. The van der Waals surface area contributed by atoms with E-state index in [9.17, 15) is 9.90 Å². The molecule has 0 radical (unpaired) electrons. The lowest BCUT2D eigenvalue weighted by Gasteiger charge is -2.35. The molecule has 6 nitrogen and oxygen atoms in total. The van der Waals surface area contributed by atoms with Crippen LogP contribution >= 0.6 is 0 Å².